The lowest BCUT2D eigenvalue weighted by atomic mass is 10.1. The van der Waals surface area contributed by atoms with Crippen LogP contribution in [0.1, 0.15) is 23.7 Å². The minimum Gasteiger partial charge on any atom is -0.294 e. The number of hydrogen-bond donors (Lipinski definition) is 0. The summed E-state index contributed by atoms with van der Waals surface area (Å²) in [6.07, 6.45) is 0.403. The Hall–Kier alpha value is -0.410. The lowest BCUT2D eigenvalue weighted by Crippen LogP contribution is -2.00. The highest BCUT2D eigenvalue weighted by Gasteiger charge is 2.09. The average molecular weight is 318 g/mol. The molecule has 0 saturated heterocycles. The van der Waals surface area contributed by atoms with Gasteiger partial charge < -0.3 is 0 Å². The van der Waals surface area contributed by atoms with Gasteiger partial charge in [0.15, 0.2) is 5.78 Å². The van der Waals surface area contributed by atoms with Crippen LogP contribution in [-0.2, 0) is 0 Å². The summed E-state index contributed by atoms with van der Waals surface area (Å²) in [5, 5.41) is 0. The van der Waals surface area contributed by atoms with E-state index >= 15 is 0 Å². The normalized spacial score (nSPS) is 9.93. The lowest BCUT2D eigenvalue weighted by molar-refractivity contribution is 0.0992. The van der Waals surface area contributed by atoms with Crippen molar-refractivity contribution in [1.82, 2.24) is 0 Å². The van der Waals surface area contributed by atoms with Crippen LogP contribution in [0.2, 0.25) is 0 Å². The number of carbonyl (C=O) groups is 1. The number of Topliss-reactive ketones (excluding diaryl/α,β-unsaturated/α-hetero) is 1. The van der Waals surface area contributed by atoms with Gasteiger partial charge in [0, 0.05) is 20.9 Å². The van der Waals surface area contributed by atoms with Crippen LogP contribution in [0.3, 0.4) is 0 Å². The van der Waals surface area contributed by atoms with E-state index in [0.717, 1.165) is 14.5 Å². The van der Waals surface area contributed by atoms with Crippen molar-refractivity contribution in [3.05, 3.63) is 44.9 Å². The number of hydrogen-bond acceptors (Lipinski definition) is 1. The average Bonchev–Trinajstić information content (AvgIpc) is 2.01. The van der Waals surface area contributed by atoms with E-state index in [2.05, 4.69) is 38.4 Å². The van der Waals surface area contributed by atoms with Gasteiger partial charge >= 0.3 is 0 Å². The van der Waals surface area contributed by atoms with Crippen molar-refractivity contribution in [2.24, 2.45) is 0 Å². The first-order valence-corrected chi connectivity index (χ1v) is 5.72. The zero-order valence-corrected chi connectivity index (χ0v) is 11.0. The van der Waals surface area contributed by atoms with E-state index in [1.807, 2.05) is 19.1 Å². The first kappa shape index (κ1) is 11.7. The molecule has 0 fully saturated rings. The number of ketones is 1. The number of rotatable bonds is 3. The molecule has 1 aromatic carbocycles. The van der Waals surface area contributed by atoms with Crippen LogP contribution in [0.15, 0.2) is 39.3 Å². The second kappa shape index (κ2) is 4.89. The van der Waals surface area contributed by atoms with Gasteiger partial charge in [-0.05, 0) is 25.1 Å². The van der Waals surface area contributed by atoms with Crippen LogP contribution in [-0.4, -0.2) is 5.78 Å². The highest BCUT2D eigenvalue weighted by molar-refractivity contribution is 9.11. The molecule has 0 spiro atoms. The summed E-state index contributed by atoms with van der Waals surface area (Å²) in [5.41, 5.74) is 1.58. The van der Waals surface area contributed by atoms with Gasteiger partial charge in [0.05, 0.1) is 0 Å². The summed E-state index contributed by atoms with van der Waals surface area (Å²) in [7, 11) is 0. The second-order valence-electron chi connectivity index (χ2n) is 3.18. The van der Waals surface area contributed by atoms with Crippen LogP contribution < -0.4 is 0 Å². The predicted octanol–water partition coefficient (Wildman–Crippen LogP) is 4.36. The summed E-state index contributed by atoms with van der Waals surface area (Å²) in [6.45, 7) is 5.57. The molecule has 0 N–H and O–H groups in total. The van der Waals surface area contributed by atoms with Gasteiger partial charge in [-0.25, -0.2) is 0 Å². The Balaban J connectivity index is 2.96. The van der Waals surface area contributed by atoms with Crippen LogP contribution in [0.25, 0.3) is 0 Å². The summed E-state index contributed by atoms with van der Waals surface area (Å²) in [4.78, 5) is 11.7. The topological polar surface area (TPSA) is 17.1 Å². The first-order chi connectivity index (χ1) is 6.50. The van der Waals surface area contributed by atoms with Crippen molar-refractivity contribution in [3.63, 3.8) is 0 Å². The fourth-order valence-electron chi connectivity index (χ4n) is 1.08. The molecule has 0 atom stereocenters. The van der Waals surface area contributed by atoms with Crippen LogP contribution in [0, 0.1) is 0 Å². The third-order valence-corrected chi connectivity index (χ3v) is 2.84. The maximum Gasteiger partial charge on any atom is 0.168 e. The molecule has 1 nitrogen and oxygen atoms in total. The maximum absolute atomic E-state index is 11.7. The second-order valence-corrected chi connectivity index (χ2v) is 4.95. The van der Waals surface area contributed by atoms with Crippen molar-refractivity contribution in [1.29, 1.82) is 0 Å². The summed E-state index contributed by atoms with van der Waals surface area (Å²) in [5.74, 6) is 0.0943. The van der Waals surface area contributed by atoms with E-state index in [9.17, 15) is 4.79 Å². The molecule has 0 amide bonds. The largest absolute Gasteiger partial charge is 0.294 e. The Bertz CT molecular complexity index is 383. The molecule has 1 rings (SSSR count). The molecule has 0 heterocycles. The number of halogens is 2. The highest BCUT2D eigenvalue weighted by atomic mass is 79.9. The standard InChI is InChI=1S/C11H10Br2O/c1-7(2)5-11(14)9-4-3-8(12)6-10(9)13/h3-4,6H,1,5H2,2H3. The monoisotopic (exact) mass is 316 g/mol. The van der Waals surface area contributed by atoms with Gasteiger partial charge in [-0.1, -0.05) is 44.0 Å². The maximum atomic E-state index is 11.7. The molecule has 0 aliphatic carbocycles. The van der Waals surface area contributed by atoms with Crippen molar-refractivity contribution in [2.75, 3.05) is 0 Å². The minimum atomic E-state index is 0.0943. The fraction of sp³-hybridized carbons (Fsp3) is 0.182. The van der Waals surface area contributed by atoms with Crippen molar-refractivity contribution < 1.29 is 4.79 Å². The third kappa shape index (κ3) is 3.07. The quantitative estimate of drug-likeness (QED) is 0.598. The SMILES string of the molecule is C=C(C)CC(=O)c1ccc(Br)cc1Br. The van der Waals surface area contributed by atoms with Crippen LogP contribution in [0.5, 0.6) is 0 Å². The first-order valence-electron chi connectivity index (χ1n) is 4.13. The molecule has 0 aliphatic rings. The fourth-order valence-corrected chi connectivity index (χ4v) is 2.35. The molecule has 1 aromatic rings. The molecule has 3 heteroatoms. The van der Waals surface area contributed by atoms with Gasteiger partial charge in [-0.3, -0.25) is 4.79 Å². The molecule has 0 aliphatic heterocycles. The Labute approximate surface area is 100 Å². The van der Waals surface area contributed by atoms with Crippen molar-refractivity contribution in [3.8, 4) is 0 Å². The lowest BCUT2D eigenvalue weighted by Gasteiger charge is -2.03. The van der Waals surface area contributed by atoms with E-state index in [1.165, 1.54) is 0 Å². The number of carbonyl (C=O) groups excluding carboxylic acids is 1. The van der Waals surface area contributed by atoms with E-state index in [4.69, 9.17) is 0 Å². The molecule has 0 unspecified atom stereocenters. The molecular weight excluding hydrogens is 308 g/mol. The van der Waals surface area contributed by atoms with Gasteiger partial charge in [0.1, 0.15) is 0 Å². The van der Waals surface area contributed by atoms with E-state index < -0.39 is 0 Å². The van der Waals surface area contributed by atoms with E-state index in [0.29, 0.717) is 12.0 Å². The number of benzene rings is 1. The van der Waals surface area contributed by atoms with E-state index in [-0.39, 0.29) is 5.78 Å². The Kier molecular flexibility index (Phi) is 4.08. The molecule has 14 heavy (non-hydrogen) atoms. The molecule has 0 aromatic heterocycles. The van der Waals surface area contributed by atoms with Crippen molar-refractivity contribution >= 4 is 37.6 Å². The minimum absolute atomic E-state index is 0.0943. The highest BCUT2D eigenvalue weighted by Crippen LogP contribution is 2.23. The van der Waals surface area contributed by atoms with Gasteiger partial charge in [0.25, 0.3) is 0 Å². The number of allylic oxidation sites excluding steroid dienone is 1. The van der Waals surface area contributed by atoms with Crippen LogP contribution >= 0.6 is 31.9 Å². The molecule has 0 saturated carbocycles. The molecule has 0 radical (unpaired) electrons. The summed E-state index contributed by atoms with van der Waals surface area (Å²) < 4.78 is 1.77. The molecule has 0 bridgehead atoms. The third-order valence-electron chi connectivity index (χ3n) is 1.69. The van der Waals surface area contributed by atoms with Gasteiger partial charge in [0.2, 0.25) is 0 Å². The summed E-state index contributed by atoms with van der Waals surface area (Å²) >= 11 is 6.69. The molecular formula is C11H10Br2O. The Morgan fingerprint density at radius 1 is 1.43 bits per heavy atom. The van der Waals surface area contributed by atoms with Crippen LogP contribution in [0.4, 0.5) is 0 Å². The Morgan fingerprint density at radius 2 is 2.07 bits per heavy atom. The zero-order valence-electron chi connectivity index (χ0n) is 7.81. The molecule has 74 valence electrons. The van der Waals surface area contributed by atoms with Crippen molar-refractivity contribution in [2.45, 2.75) is 13.3 Å². The van der Waals surface area contributed by atoms with Gasteiger partial charge in [-0.2, -0.15) is 0 Å². The van der Waals surface area contributed by atoms with E-state index in [1.54, 1.807) is 6.07 Å². The Morgan fingerprint density at radius 3 is 2.57 bits per heavy atom. The predicted molar refractivity (Wildman–Crippen MR) is 65.6 cm³/mol. The van der Waals surface area contributed by atoms with Gasteiger partial charge in [-0.15, -0.1) is 0 Å². The smallest absolute Gasteiger partial charge is 0.168 e. The zero-order chi connectivity index (χ0) is 10.7. The summed E-state index contributed by atoms with van der Waals surface area (Å²) in [6, 6.07) is 5.53.